The van der Waals surface area contributed by atoms with Crippen LogP contribution in [0.1, 0.15) is 54.5 Å². The number of aryl methyl sites for hydroxylation is 1. The summed E-state index contributed by atoms with van der Waals surface area (Å²) in [5, 5.41) is 12.1. The second-order valence-corrected chi connectivity index (χ2v) is 7.17. The van der Waals surface area contributed by atoms with Crippen molar-refractivity contribution in [2.75, 3.05) is 13.1 Å². The molecular weight excluding hydrogens is 324 g/mol. The molecule has 1 fully saturated rings. The van der Waals surface area contributed by atoms with Gasteiger partial charge in [-0.05, 0) is 50.4 Å². The Morgan fingerprint density at radius 3 is 2.27 bits per heavy atom. The van der Waals surface area contributed by atoms with Crippen molar-refractivity contribution >= 4 is 6.09 Å². The molecule has 4 nitrogen and oxygen atoms in total. The van der Waals surface area contributed by atoms with Crippen molar-refractivity contribution in [2.24, 2.45) is 0 Å². The minimum atomic E-state index is -0.971. The van der Waals surface area contributed by atoms with Crippen molar-refractivity contribution in [3.8, 4) is 0 Å². The van der Waals surface area contributed by atoms with Gasteiger partial charge in [-0.1, -0.05) is 66.6 Å². The van der Waals surface area contributed by atoms with Gasteiger partial charge in [0, 0.05) is 6.04 Å². The zero-order valence-corrected chi connectivity index (χ0v) is 15.4. The van der Waals surface area contributed by atoms with Crippen LogP contribution >= 0.6 is 0 Å². The molecule has 1 saturated heterocycles. The maximum Gasteiger partial charge on any atom is 0.405 e. The predicted molar refractivity (Wildman–Crippen MR) is 104 cm³/mol. The lowest BCUT2D eigenvalue weighted by Gasteiger charge is -2.37. The molecule has 1 aliphatic rings. The van der Waals surface area contributed by atoms with Crippen LogP contribution in [0.3, 0.4) is 0 Å². The number of rotatable bonds is 6. The highest BCUT2D eigenvalue weighted by Gasteiger charge is 2.27. The molecule has 0 bridgehead atoms. The number of likely N-dealkylation sites (tertiary alicyclic amines) is 1. The minimum absolute atomic E-state index is 0.217. The number of carboxylic acid groups (broad SMARTS) is 1. The summed E-state index contributed by atoms with van der Waals surface area (Å²) in [5.74, 6) is 0. The van der Waals surface area contributed by atoms with Crippen LogP contribution in [0.15, 0.2) is 54.6 Å². The van der Waals surface area contributed by atoms with E-state index in [1.165, 1.54) is 30.4 Å². The second-order valence-electron chi connectivity index (χ2n) is 7.17. The number of benzene rings is 2. The van der Waals surface area contributed by atoms with E-state index in [-0.39, 0.29) is 12.1 Å². The molecule has 2 unspecified atom stereocenters. The molecule has 2 aromatic rings. The molecule has 26 heavy (non-hydrogen) atoms. The lowest BCUT2D eigenvalue weighted by Crippen LogP contribution is -2.37. The smallest absolute Gasteiger partial charge is 0.405 e. The summed E-state index contributed by atoms with van der Waals surface area (Å²) in [7, 11) is 0. The molecule has 0 saturated carbocycles. The lowest BCUT2D eigenvalue weighted by molar-refractivity contribution is 0.141. The number of nitrogens with zero attached hydrogens (tertiary/aromatic N) is 1. The van der Waals surface area contributed by atoms with Gasteiger partial charge in [0.15, 0.2) is 0 Å². The first-order valence-corrected chi connectivity index (χ1v) is 9.48. The van der Waals surface area contributed by atoms with Gasteiger partial charge in [-0.15, -0.1) is 0 Å². The van der Waals surface area contributed by atoms with E-state index < -0.39 is 6.09 Å². The van der Waals surface area contributed by atoms with E-state index in [2.05, 4.69) is 34.5 Å². The summed E-state index contributed by atoms with van der Waals surface area (Å²) >= 11 is 0. The zero-order valence-electron chi connectivity index (χ0n) is 15.4. The number of amides is 1. The molecule has 2 aromatic carbocycles. The largest absolute Gasteiger partial charge is 0.465 e. The van der Waals surface area contributed by atoms with Gasteiger partial charge in [-0.3, -0.25) is 4.90 Å². The fourth-order valence-electron chi connectivity index (χ4n) is 3.85. The molecule has 2 atom stereocenters. The molecule has 138 valence electrons. The number of nitrogens with one attached hydrogen (secondary N) is 1. The van der Waals surface area contributed by atoms with Gasteiger partial charge in [0.1, 0.15) is 0 Å². The number of hydrogen-bond acceptors (Lipinski definition) is 2. The molecule has 0 radical (unpaired) electrons. The van der Waals surface area contributed by atoms with Crippen LogP contribution in [0.2, 0.25) is 0 Å². The normalized spacial score (nSPS) is 17.4. The van der Waals surface area contributed by atoms with E-state index in [0.29, 0.717) is 0 Å². The average Bonchev–Trinajstić information content (AvgIpc) is 2.67. The second kappa shape index (κ2) is 8.86. The van der Waals surface area contributed by atoms with E-state index in [4.69, 9.17) is 0 Å². The number of hydrogen-bond donors (Lipinski definition) is 2. The standard InChI is InChI=1S/C22H28N2O2/c1-17-10-12-18(13-11-17)20(23-22(25)26)16-21(19-8-4-2-5-9-19)24-14-6-3-7-15-24/h2,4-5,8-13,20-21,23H,3,6-7,14-16H2,1H3,(H,25,26). The Hall–Kier alpha value is -2.33. The van der Waals surface area contributed by atoms with Gasteiger partial charge in [-0.25, -0.2) is 4.79 Å². The summed E-state index contributed by atoms with van der Waals surface area (Å²) < 4.78 is 0. The van der Waals surface area contributed by atoms with Crippen molar-refractivity contribution in [1.82, 2.24) is 10.2 Å². The van der Waals surface area contributed by atoms with Crippen LogP contribution < -0.4 is 5.32 Å². The summed E-state index contributed by atoms with van der Waals surface area (Å²) in [6.07, 6.45) is 3.48. The maximum absolute atomic E-state index is 11.4. The van der Waals surface area contributed by atoms with Crippen molar-refractivity contribution in [3.05, 3.63) is 71.3 Å². The fraction of sp³-hybridized carbons (Fsp3) is 0.409. The molecule has 4 heteroatoms. The molecule has 2 N–H and O–H groups in total. The van der Waals surface area contributed by atoms with Gasteiger partial charge < -0.3 is 10.4 Å². The third-order valence-corrected chi connectivity index (χ3v) is 5.25. The van der Waals surface area contributed by atoms with Crippen LogP contribution in [0.5, 0.6) is 0 Å². The van der Waals surface area contributed by atoms with E-state index in [9.17, 15) is 9.90 Å². The van der Waals surface area contributed by atoms with Gasteiger partial charge in [0.2, 0.25) is 0 Å². The number of carbonyl (C=O) groups is 1. The van der Waals surface area contributed by atoms with Crippen molar-refractivity contribution in [2.45, 2.75) is 44.7 Å². The first kappa shape index (κ1) is 18.5. The van der Waals surface area contributed by atoms with Gasteiger partial charge in [-0.2, -0.15) is 0 Å². The molecule has 1 aliphatic heterocycles. The predicted octanol–water partition coefficient (Wildman–Crippen LogP) is 4.92. The van der Waals surface area contributed by atoms with E-state index in [1.807, 2.05) is 37.3 Å². The Kier molecular flexibility index (Phi) is 6.29. The van der Waals surface area contributed by atoms with E-state index in [0.717, 1.165) is 25.1 Å². The monoisotopic (exact) mass is 352 g/mol. The van der Waals surface area contributed by atoms with E-state index in [1.54, 1.807) is 0 Å². The molecule has 0 aromatic heterocycles. The zero-order chi connectivity index (χ0) is 18.4. The van der Waals surface area contributed by atoms with Crippen molar-refractivity contribution in [1.29, 1.82) is 0 Å². The number of piperidine rings is 1. The van der Waals surface area contributed by atoms with E-state index >= 15 is 0 Å². The Labute approximate surface area is 155 Å². The highest BCUT2D eigenvalue weighted by Crippen LogP contribution is 2.33. The first-order chi connectivity index (χ1) is 12.6. The SMILES string of the molecule is Cc1ccc(C(CC(c2ccccc2)N2CCCCC2)NC(=O)O)cc1. The third kappa shape index (κ3) is 4.85. The van der Waals surface area contributed by atoms with Crippen LogP contribution in [0, 0.1) is 6.92 Å². The van der Waals surface area contributed by atoms with Gasteiger partial charge >= 0.3 is 6.09 Å². The quantitative estimate of drug-likeness (QED) is 0.776. The Bertz CT molecular complexity index is 694. The van der Waals surface area contributed by atoms with Crippen LogP contribution in [0.25, 0.3) is 0 Å². The molecule has 3 rings (SSSR count). The fourth-order valence-corrected chi connectivity index (χ4v) is 3.85. The highest BCUT2D eigenvalue weighted by molar-refractivity contribution is 5.65. The topological polar surface area (TPSA) is 52.6 Å². The molecule has 1 heterocycles. The summed E-state index contributed by atoms with van der Waals surface area (Å²) in [6.45, 7) is 4.20. The van der Waals surface area contributed by atoms with Gasteiger partial charge in [0.25, 0.3) is 0 Å². The average molecular weight is 352 g/mol. The van der Waals surface area contributed by atoms with Crippen LogP contribution in [-0.2, 0) is 0 Å². The maximum atomic E-state index is 11.4. The molecule has 1 amide bonds. The molecular formula is C22H28N2O2. The Morgan fingerprint density at radius 2 is 1.65 bits per heavy atom. The minimum Gasteiger partial charge on any atom is -0.465 e. The Morgan fingerprint density at radius 1 is 1.00 bits per heavy atom. The lowest BCUT2D eigenvalue weighted by atomic mass is 9.92. The molecule has 0 aliphatic carbocycles. The highest BCUT2D eigenvalue weighted by atomic mass is 16.4. The summed E-state index contributed by atoms with van der Waals surface area (Å²) in [6, 6.07) is 18.6. The Balaban J connectivity index is 1.87. The summed E-state index contributed by atoms with van der Waals surface area (Å²) in [4.78, 5) is 13.9. The summed E-state index contributed by atoms with van der Waals surface area (Å²) in [5.41, 5.74) is 3.47. The first-order valence-electron chi connectivity index (χ1n) is 9.48. The molecule has 0 spiro atoms. The van der Waals surface area contributed by atoms with Gasteiger partial charge in [0.05, 0.1) is 6.04 Å². The van der Waals surface area contributed by atoms with Crippen LogP contribution in [-0.4, -0.2) is 29.2 Å². The third-order valence-electron chi connectivity index (χ3n) is 5.25. The van der Waals surface area contributed by atoms with Crippen molar-refractivity contribution < 1.29 is 9.90 Å². The van der Waals surface area contributed by atoms with Crippen molar-refractivity contribution in [3.63, 3.8) is 0 Å². The van der Waals surface area contributed by atoms with Crippen LogP contribution in [0.4, 0.5) is 4.79 Å².